The minimum atomic E-state index is -3.09. The summed E-state index contributed by atoms with van der Waals surface area (Å²) in [6, 6.07) is 1.65. The van der Waals surface area contributed by atoms with Crippen LogP contribution >= 0.6 is 0 Å². The molecule has 0 radical (unpaired) electrons. The maximum Gasteiger partial charge on any atom is 0.164 e. The van der Waals surface area contributed by atoms with Gasteiger partial charge in [0.2, 0.25) is 0 Å². The van der Waals surface area contributed by atoms with Crippen molar-refractivity contribution in [3.05, 3.63) is 0 Å². The van der Waals surface area contributed by atoms with Gasteiger partial charge in [0.15, 0.2) is 9.84 Å². The summed E-state index contributed by atoms with van der Waals surface area (Å²) < 4.78 is 22.0. The Morgan fingerprint density at radius 3 is 2.55 bits per heavy atom. The van der Waals surface area contributed by atoms with Gasteiger partial charge in [0.25, 0.3) is 0 Å². The monoisotopic (exact) mass is 174 g/mol. The summed E-state index contributed by atoms with van der Waals surface area (Å²) in [5.74, 6) is 0.0465. The van der Waals surface area contributed by atoms with E-state index in [-0.39, 0.29) is 17.4 Å². The van der Waals surface area contributed by atoms with E-state index in [4.69, 9.17) is 5.26 Å². The van der Waals surface area contributed by atoms with Crippen molar-refractivity contribution in [2.45, 2.75) is 0 Å². The molecule has 0 aromatic heterocycles. The molecule has 11 heavy (non-hydrogen) atoms. The van der Waals surface area contributed by atoms with E-state index in [1.54, 1.807) is 6.07 Å². The molecule has 0 aromatic carbocycles. The summed E-state index contributed by atoms with van der Waals surface area (Å²) in [6.45, 7) is 1.54. The highest BCUT2D eigenvalue weighted by Gasteiger charge is 2.23. The van der Waals surface area contributed by atoms with Crippen LogP contribution in [0.15, 0.2) is 0 Å². The summed E-state index contributed by atoms with van der Waals surface area (Å²) >= 11 is 0. The van der Waals surface area contributed by atoms with E-state index in [0.717, 1.165) is 13.1 Å². The summed E-state index contributed by atoms with van der Waals surface area (Å²) in [6.07, 6.45) is 0. The maximum absolute atomic E-state index is 11.0. The fraction of sp³-hybridized carbons (Fsp3) is 0.833. The Kier molecular flexibility index (Phi) is 2.47. The second-order valence-electron chi connectivity index (χ2n) is 2.74. The molecule has 0 bridgehead atoms. The van der Waals surface area contributed by atoms with Gasteiger partial charge in [-0.25, -0.2) is 8.42 Å². The first-order chi connectivity index (χ1) is 5.14. The van der Waals surface area contributed by atoms with E-state index < -0.39 is 9.84 Å². The number of hydrogen-bond donors (Lipinski definition) is 1. The number of nitriles is 1. The fourth-order valence-electron chi connectivity index (χ4n) is 0.983. The van der Waals surface area contributed by atoms with E-state index in [0.29, 0.717) is 0 Å². The van der Waals surface area contributed by atoms with Crippen molar-refractivity contribution < 1.29 is 8.42 Å². The molecule has 0 atom stereocenters. The van der Waals surface area contributed by atoms with Gasteiger partial charge in [0.1, 0.15) is 5.75 Å². The van der Waals surface area contributed by atoms with Crippen LogP contribution in [0.3, 0.4) is 0 Å². The van der Waals surface area contributed by atoms with Crippen LogP contribution in [0.2, 0.25) is 0 Å². The average Bonchev–Trinajstić information content (AvgIpc) is 1.79. The second kappa shape index (κ2) is 3.20. The molecule has 5 heteroatoms. The lowest BCUT2D eigenvalue weighted by atomic mass is 10.1. The van der Waals surface area contributed by atoms with E-state index in [1.165, 1.54) is 0 Å². The van der Waals surface area contributed by atoms with Gasteiger partial charge in [0, 0.05) is 13.1 Å². The van der Waals surface area contributed by atoms with Gasteiger partial charge < -0.3 is 5.32 Å². The Morgan fingerprint density at radius 2 is 2.18 bits per heavy atom. The minimum absolute atomic E-state index is 0.160. The molecule has 1 aliphatic heterocycles. The standard InChI is InChI=1S/C6H10N2O2S/c7-1-2-11(9,10)5-6-3-8-4-6/h6,8H,2-5H2. The first-order valence-corrected chi connectivity index (χ1v) is 5.24. The summed E-state index contributed by atoms with van der Waals surface area (Å²) in [7, 11) is -3.09. The van der Waals surface area contributed by atoms with Gasteiger partial charge in [-0.2, -0.15) is 5.26 Å². The van der Waals surface area contributed by atoms with Crippen molar-refractivity contribution in [2.24, 2.45) is 5.92 Å². The topological polar surface area (TPSA) is 70.0 Å². The van der Waals surface area contributed by atoms with Crippen molar-refractivity contribution in [3.63, 3.8) is 0 Å². The van der Waals surface area contributed by atoms with Gasteiger partial charge in [0.05, 0.1) is 11.8 Å². The Morgan fingerprint density at radius 1 is 1.55 bits per heavy atom. The van der Waals surface area contributed by atoms with Crippen molar-refractivity contribution in [1.29, 1.82) is 5.26 Å². The molecule has 1 heterocycles. The molecule has 1 aliphatic rings. The predicted molar refractivity (Wildman–Crippen MR) is 40.6 cm³/mol. The smallest absolute Gasteiger partial charge is 0.164 e. The predicted octanol–water partition coefficient (Wildman–Crippen LogP) is -0.856. The molecule has 0 amide bonds. The molecule has 62 valence electrons. The minimum Gasteiger partial charge on any atom is -0.316 e. The van der Waals surface area contributed by atoms with E-state index in [9.17, 15) is 8.42 Å². The lowest BCUT2D eigenvalue weighted by Gasteiger charge is -2.26. The maximum atomic E-state index is 11.0. The summed E-state index contributed by atoms with van der Waals surface area (Å²) in [5, 5.41) is 11.1. The van der Waals surface area contributed by atoms with Crippen molar-refractivity contribution in [3.8, 4) is 6.07 Å². The molecule has 0 saturated carbocycles. The summed E-state index contributed by atoms with van der Waals surface area (Å²) in [5.41, 5.74) is 0. The number of sulfone groups is 1. The molecule has 0 aromatic rings. The normalized spacial score (nSPS) is 18.8. The lowest BCUT2D eigenvalue weighted by molar-refractivity contribution is 0.379. The van der Waals surface area contributed by atoms with Gasteiger partial charge in [-0.05, 0) is 5.92 Å². The Labute approximate surface area is 66.1 Å². The number of hydrogen-bond acceptors (Lipinski definition) is 4. The summed E-state index contributed by atoms with van der Waals surface area (Å²) in [4.78, 5) is 0. The molecular formula is C6H10N2O2S. The number of rotatable bonds is 3. The first kappa shape index (κ1) is 8.50. The van der Waals surface area contributed by atoms with Crippen LogP contribution in [0.5, 0.6) is 0 Å². The molecule has 0 aliphatic carbocycles. The van der Waals surface area contributed by atoms with Gasteiger partial charge >= 0.3 is 0 Å². The van der Waals surface area contributed by atoms with Crippen molar-refractivity contribution in [2.75, 3.05) is 24.6 Å². The third-order valence-electron chi connectivity index (χ3n) is 1.64. The molecule has 1 fully saturated rings. The average molecular weight is 174 g/mol. The lowest BCUT2D eigenvalue weighted by Crippen LogP contribution is -2.45. The number of nitrogens with zero attached hydrogens (tertiary/aromatic N) is 1. The highest BCUT2D eigenvalue weighted by Crippen LogP contribution is 2.06. The van der Waals surface area contributed by atoms with E-state index >= 15 is 0 Å². The van der Waals surface area contributed by atoms with Crippen LogP contribution in [0.25, 0.3) is 0 Å². The molecular weight excluding hydrogens is 164 g/mol. The molecule has 1 N–H and O–H groups in total. The van der Waals surface area contributed by atoms with Crippen molar-refractivity contribution in [1.82, 2.24) is 5.32 Å². The zero-order valence-corrected chi connectivity index (χ0v) is 6.89. The first-order valence-electron chi connectivity index (χ1n) is 3.42. The Balaban J connectivity index is 2.40. The Bertz CT molecular complexity index is 261. The quantitative estimate of drug-likeness (QED) is 0.604. The van der Waals surface area contributed by atoms with E-state index in [2.05, 4.69) is 5.32 Å². The van der Waals surface area contributed by atoms with E-state index in [1.807, 2.05) is 0 Å². The van der Waals surface area contributed by atoms with Crippen molar-refractivity contribution >= 4 is 9.84 Å². The van der Waals surface area contributed by atoms with Gasteiger partial charge in [-0.15, -0.1) is 0 Å². The SMILES string of the molecule is N#CCS(=O)(=O)CC1CNC1. The third kappa shape index (κ3) is 2.48. The van der Waals surface area contributed by atoms with Crippen LogP contribution in [-0.4, -0.2) is 33.0 Å². The Hall–Kier alpha value is -0.600. The van der Waals surface area contributed by atoms with Gasteiger partial charge in [-0.1, -0.05) is 0 Å². The van der Waals surface area contributed by atoms with Crippen LogP contribution in [0.4, 0.5) is 0 Å². The molecule has 0 spiro atoms. The molecule has 4 nitrogen and oxygen atoms in total. The highest BCUT2D eigenvalue weighted by atomic mass is 32.2. The van der Waals surface area contributed by atoms with Crippen LogP contribution in [-0.2, 0) is 9.84 Å². The second-order valence-corrected chi connectivity index (χ2v) is 4.85. The van der Waals surface area contributed by atoms with Crippen LogP contribution in [0.1, 0.15) is 0 Å². The number of nitrogens with one attached hydrogen (secondary N) is 1. The molecule has 1 rings (SSSR count). The zero-order valence-electron chi connectivity index (χ0n) is 6.08. The van der Waals surface area contributed by atoms with Crippen LogP contribution < -0.4 is 5.32 Å². The zero-order chi connectivity index (χ0) is 8.32. The molecule has 1 saturated heterocycles. The molecule has 0 unspecified atom stereocenters. The fourth-order valence-corrected chi connectivity index (χ4v) is 2.25. The third-order valence-corrected chi connectivity index (χ3v) is 3.19. The van der Waals surface area contributed by atoms with Gasteiger partial charge in [-0.3, -0.25) is 0 Å². The highest BCUT2D eigenvalue weighted by molar-refractivity contribution is 7.91. The van der Waals surface area contributed by atoms with Crippen LogP contribution in [0, 0.1) is 17.2 Å². The largest absolute Gasteiger partial charge is 0.316 e.